The van der Waals surface area contributed by atoms with Crippen LogP contribution in [0.15, 0.2) is 30.3 Å². The van der Waals surface area contributed by atoms with Crippen LogP contribution < -0.4 is 4.74 Å². The first-order valence-electron chi connectivity index (χ1n) is 10.2. The molecule has 1 aromatic carbocycles. The van der Waals surface area contributed by atoms with Crippen molar-refractivity contribution in [1.29, 1.82) is 0 Å². The van der Waals surface area contributed by atoms with E-state index in [1.807, 2.05) is 33.8 Å². The number of thiophene rings is 1. The highest BCUT2D eigenvalue weighted by Crippen LogP contribution is 2.43. The maximum atomic E-state index is 12.2. The van der Waals surface area contributed by atoms with Gasteiger partial charge in [-0.2, -0.15) is 0 Å². The summed E-state index contributed by atoms with van der Waals surface area (Å²) >= 11 is 1.77. The molecule has 0 spiro atoms. The third-order valence-corrected chi connectivity index (χ3v) is 7.80. The minimum atomic E-state index is -0.832. The Balaban J connectivity index is 2.32. The van der Waals surface area contributed by atoms with Crippen LogP contribution in [0.25, 0.3) is 0 Å². The summed E-state index contributed by atoms with van der Waals surface area (Å²) in [7, 11) is -0.832. The minimum Gasteiger partial charge on any atom is -0.486 e. The predicted octanol–water partition coefficient (Wildman–Crippen LogP) is 6.04. The average Bonchev–Trinajstić information content (AvgIpc) is 3.09. The van der Waals surface area contributed by atoms with Crippen LogP contribution >= 0.6 is 11.3 Å². The van der Waals surface area contributed by atoms with Gasteiger partial charge in [0.15, 0.2) is 5.78 Å². The average molecular weight is 435 g/mol. The standard InChI is InChI=1S/C24H34O3S2/c1-8-24(9-2,22-13-11-19(28-22)16-29(7)26)18-10-12-20(17(3)14-18)27-15-21(25)23(4,5)6/h10-14H,8-9,15-16H2,1-7H3. The molecule has 2 aromatic rings. The lowest BCUT2D eigenvalue weighted by atomic mass is 9.74. The van der Waals surface area contributed by atoms with E-state index in [1.54, 1.807) is 17.6 Å². The van der Waals surface area contributed by atoms with E-state index in [0.717, 1.165) is 24.2 Å². The number of aryl methyl sites for hydroxylation is 1. The summed E-state index contributed by atoms with van der Waals surface area (Å²) in [6.45, 7) is 12.3. The number of benzene rings is 1. The lowest BCUT2D eigenvalue weighted by Crippen LogP contribution is -2.27. The third-order valence-electron chi connectivity index (χ3n) is 5.61. The molecule has 1 aromatic heterocycles. The Morgan fingerprint density at radius 3 is 2.28 bits per heavy atom. The number of ether oxygens (including phenoxy) is 1. The number of hydrogen-bond acceptors (Lipinski definition) is 4. The molecule has 0 aliphatic rings. The van der Waals surface area contributed by atoms with Gasteiger partial charge in [0.25, 0.3) is 0 Å². The van der Waals surface area contributed by atoms with E-state index in [0.29, 0.717) is 5.75 Å². The van der Waals surface area contributed by atoms with Gasteiger partial charge in [0.05, 0.1) is 5.75 Å². The fourth-order valence-electron chi connectivity index (χ4n) is 3.53. The highest BCUT2D eigenvalue weighted by atomic mass is 32.2. The van der Waals surface area contributed by atoms with Crippen molar-refractivity contribution in [2.45, 2.75) is 65.6 Å². The fraction of sp³-hybridized carbons (Fsp3) is 0.542. The van der Waals surface area contributed by atoms with Crippen LogP contribution in [0.4, 0.5) is 0 Å². The van der Waals surface area contributed by atoms with Gasteiger partial charge in [-0.25, -0.2) is 0 Å². The molecule has 1 heterocycles. The lowest BCUT2D eigenvalue weighted by molar-refractivity contribution is -0.128. The van der Waals surface area contributed by atoms with Crippen molar-refractivity contribution in [3.05, 3.63) is 51.2 Å². The molecule has 0 radical (unpaired) electrons. The molecule has 0 amide bonds. The molecule has 5 heteroatoms. The Morgan fingerprint density at radius 1 is 1.10 bits per heavy atom. The molecule has 0 N–H and O–H groups in total. The number of hydrogen-bond donors (Lipinski definition) is 0. The molecule has 2 rings (SSSR count). The summed E-state index contributed by atoms with van der Waals surface area (Å²) in [4.78, 5) is 14.7. The Kier molecular flexibility index (Phi) is 7.86. The normalized spacial score (nSPS) is 13.3. The number of carbonyl (C=O) groups is 1. The Labute approximate surface area is 182 Å². The lowest BCUT2D eigenvalue weighted by Gasteiger charge is -2.32. The van der Waals surface area contributed by atoms with E-state index in [1.165, 1.54) is 15.3 Å². The quantitative estimate of drug-likeness (QED) is 0.483. The molecule has 0 saturated heterocycles. The monoisotopic (exact) mass is 434 g/mol. The topological polar surface area (TPSA) is 43.4 Å². The summed E-state index contributed by atoms with van der Waals surface area (Å²) in [5.41, 5.74) is 1.84. The Morgan fingerprint density at radius 2 is 1.76 bits per heavy atom. The molecule has 29 heavy (non-hydrogen) atoms. The number of Topliss-reactive ketones (excluding diaryl/α,β-unsaturated/α-hetero) is 1. The smallest absolute Gasteiger partial charge is 0.175 e. The SMILES string of the molecule is CCC(CC)(c1ccc(OCC(=O)C(C)(C)C)c(C)c1)c1ccc(CS(C)=O)s1. The number of ketones is 1. The maximum absolute atomic E-state index is 12.2. The molecule has 160 valence electrons. The molecule has 1 atom stereocenters. The van der Waals surface area contributed by atoms with Crippen molar-refractivity contribution in [1.82, 2.24) is 0 Å². The summed E-state index contributed by atoms with van der Waals surface area (Å²) in [6, 6.07) is 10.6. The van der Waals surface area contributed by atoms with Crippen molar-refractivity contribution in [2.75, 3.05) is 12.9 Å². The largest absolute Gasteiger partial charge is 0.486 e. The Hall–Kier alpha value is -1.46. The molecule has 0 saturated carbocycles. The van der Waals surface area contributed by atoms with Crippen LogP contribution in [0.2, 0.25) is 0 Å². The zero-order valence-corrected chi connectivity index (χ0v) is 20.4. The van der Waals surface area contributed by atoms with Gasteiger partial charge < -0.3 is 4.74 Å². The van der Waals surface area contributed by atoms with E-state index in [4.69, 9.17) is 4.74 Å². The summed E-state index contributed by atoms with van der Waals surface area (Å²) in [5, 5.41) is 0. The molecule has 3 nitrogen and oxygen atoms in total. The van der Waals surface area contributed by atoms with Gasteiger partial charge in [0.2, 0.25) is 0 Å². The van der Waals surface area contributed by atoms with Gasteiger partial charge >= 0.3 is 0 Å². The summed E-state index contributed by atoms with van der Waals surface area (Å²) in [6.07, 6.45) is 3.72. The zero-order valence-electron chi connectivity index (χ0n) is 18.8. The van der Waals surface area contributed by atoms with Crippen molar-refractivity contribution in [3.63, 3.8) is 0 Å². The Bertz CT molecular complexity index is 870. The van der Waals surface area contributed by atoms with Crippen molar-refractivity contribution in [3.8, 4) is 5.75 Å². The van der Waals surface area contributed by atoms with Crippen LogP contribution in [0.5, 0.6) is 5.75 Å². The molecular weight excluding hydrogens is 400 g/mol. The van der Waals surface area contributed by atoms with Gasteiger partial charge in [0, 0.05) is 37.6 Å². The summed E-state index contributed by atoms with van der Waals surface area (Å²) < 4.78 is 17.4. The van der Waals surface area contributed by atoms with Gasteiger partial charge in [0.1, 0.15) is 12.4 Å². The highest BCUT2D eigenvalue weighted by Gasteiger charge is 2.33. The van der Waals surface area contributed by atoms with Crippen molar-refractivity contribution < 1.29 is 13.7 Å². The van der Waals surface area contributed by atoms with E-state index in [9.17, 15) is 9.00 Å². The molecule has 0 aliphatic carbocycles. The first kappa shape index (κ1) is 23.8. The van der Waals surface area contributed by atoms with Gasteiger partial charge in [-0.3, -0.25) is 9.00 Å². The first-order chi connectivity index (χ1) is 13.5. The second kappa shape index (κ2) is 9.57. The zero-order chi connectivity index (χ0) is 21.8. The molecule has 1 unspecified atom stereocenters. The second-order valence-corrected chi connectivity index (χ2v) is 11.3. The highest BCUT2D eigenvalue weighted by molar-refractivity contribution is 7.83. The number of carbonyl (C=O) groups excluding carboxylic acids is 1. The van der Waals surface area contributed by atoms with E-state index in [-0.39, 0.29) is 17.8 Å². The van der Waals surface area contributed by atoms with Crippen LogP contribution in [0.1, 0.15) is 68.3 Å². The predicted molar refractivity (Wildman–Crippen MR) is 125 cm³/mol. The number of rotatable bonds is 9. The van der Waals surface area contributed by atoms with Crippen LogP contribution in [-0.2, 0) is 26.8 Å². The van der Waals surface area contributed by atoms with Crippen molar-refractivity contribution >= 4 is 27.9 Å². The van der Waals surface area contributed by atoms with Gasteiger partial charge in [-0.1, -0.05) is 46.8 Å². The molecule has 0 aliphatic heterocycles. The molecular formula is C24H34O3S2. The van der Waals surface area contributed by atoms with Crippen LogP contribution in [-0.4, -0.2) is 22.9 Å². The van der Waals surface area contributed by atoms with E-state index >= 15 is 0 Å². The molecule has 0 bridgehead atoms. The van der Waals surface area contributed by atoms with E-state index < -0.39 is 16.2 Å². The van der Waals surface area contributed by atoms with Gasteiger partial charge in [-0.05, 0) is 49.1 Å². The third kappa shape index (κ3) is 5.58. The molecule has 0 fully saturated rings. The van der Waals surface area contributed by atoms with Crippen LogP contribution in [0.3, 0.4) is 0 Å². The van der Waals surface area contributed by atoms with Crippen LogP contribution in [0, 0.1) is 12.3 Å². The van der Waals surface area contributed by atoms with Crippen molar-refractivity contribution in [2.24, 2.45) is 5.41 Å². The minimum absolute atomic E-state index is 0.0668. The fourth-order valence-corrected chi connectivity index (χ4v) is 5.92. The first-order valence-corrected chi connectivity index (χ1v) is 12.7. The maximum Gasteiger partial charge on any atom is 0.175 e. The van der Waals surface area contributed by atoms with Gasteiger partial charge in [-0.15, -0.1) is 11.3 Å². The summed E-state index contributed by atoms with van der Waals surface area (Å²) in [5.74, 6) is 1.47. The van der Waals surface area contributed by atoms with E-state index in [2.05, 4.69) is 38.1 Å². The second-order valence-electron chi connectivity index (χ2n) is 8.71.